The molecule has 1 atom stereocenters. The van der Waals surface area contributed by atoms with Gasteiger partial charge in [0.25, 0.3) is 0 Å². The Hall–Kier alpha value is -1.41. The summed E-state index contributed by atoms with van der Waals surface area (Å²) in [5.74, 6) is -0.454. The molecule has 0 fully saturated rings. The zero-order chi connectivity index (χ0) is 17.0. The summed E-state index contributed by atoms with van der Waals surface area (Å²) in [6, 6.07) is 11.7. The van der Waals surface area contributed by atoms with Crippen LogP contribution < -0.4 is 10.0 Å². The zero-order valence-corrected chi connectivity index (χ0v) is 15.2. The lowest BCUT2D eigenvalue weighted by Gasteiger charge is -2.14. The first-order chi connectivity index (χ1) is 10.8. The van der Waals surface area contributed by atoms with Crippen LogP contribution in [0.1, 0.15) is 6.92 Å². The molecule has 2 aromatic carbocycles. The molecule has 0 radical (unpaired) electrons. The fraction of sp³-hybridized carbons (Fsp3) is 0.133. The molecule has 2 rings (SSSR count). The number of halogens is 2. The van der Waals surface area contributed by atoms with Crippen molar-refractivity contribution in [2.24, 2.45) is 0 Å². The van der Waals surface area contributed by atoms with Crippen LogP contribution in [0.3, 0.4) is 0 Å². The molecule has 1 amide bonds. The largest absolute Gasteiger partial charge is 0.325 e. The molecule has 0 bridgehead atoms. The van der Waals surface area contributed by atoms with Crippen LogP contribution in [0.4, 0.5) is 5.69 Å². The highest BCUT2D eigenvalue weighted by Gasteiger charge is 2.22. The Labute approximate surface area is 148 Å². The van der Waals surface area contributed by atoms with Crippen LogP contribution >= 0.6 is 27.5 Å². The van der Waals surface area contributed by atoms with Crippen LogP contribution in [0.15, 0.2) is 57.9 Å². The average Bonchev–Trinajstić information content (AvgIpc) is 2.49. The molecule has 2 aromatic rings. The maximum Gasteiger partial charge on any atom is 0.242 e. The van der Waals surface area contributed by atoms with Crippen molar-refractivity contribution in [1.82, 2.24) is 4.72 Å². The molecule has 0 spiro atoms. The zero-order valence-electron chi connectivity index (χ0n) is 12.1. The highest BCUT2D eigenvalue weighted by Crippen LogP contribution is 2.16. The molecule has 2 N–H and O–H groups in total. The third kappa shape index (κ3) is 5.04. The molecule has 0 saturated heterocycles. The van der Waals surface area contributed by atoms with Gasteiger partial charge in [-0.05, 0) is 55.5 Å². The monoisotopic (exact) mass is 416 g/mol. The number of benzene rings is 2. The second-order valence-corrected chi connectivity index (χ2v) is 7.86. The minimum Gasteiger partial charge on any atom is -0.325 e. The van der Waals surface area contributed by atoms with Gasteiger partial charge in [-0.2, -0.15) is 4.72 Å². The predicted molar refractivity (Wildman–Crippen MR) is 94.0 cm³/mol. The molecule has 0 aliphatic heterocycles. The van der Waals surface area contributed by atoms with Gasteiger partial charge in [0.15, 0.2) is 0 Å². The van der Waals surface area contributed by atoms with E-state index in [1.165, 1.54) is 31.2 Å². The third-order valence-electron chi connectivity index (χ3n) is 2.96. The van der Waals surface area contributed by atoms with E-state index < -0.39 is 22.0 Å². The van der Waals surface area contributed by atoms with Crippen molar-refractivity contribution in [3.63, 3.8) is 0 Å². The fourth-order valence-electron chi connectivity index (χ4n) is 1.75. The molecule has 122 valence electrons. The second-order valence-electron chi connectivity index (χ2n) is 4.79. The highest BCUT2D eigenvalue weighted by atomic mass is 79.9. The quantitative estimate of drug-likeness (QED) is 0.783. The van der Waals surface area contributed by atoms with Crippen LogP contribution in [0, 0.1) is 0 Å². The first-order valence-electron chi connectivity index (χ1n) is 6.62. The standard InChI is InChI=1S/C15H14BrClN2O3S/c1-10(15(20)18-13-6-2-11(16)3-7-13)19-23(21,22)14-8-4-12(17)5-9-14/h2-10,19H,1H3,(H,18,20)/t10-/m1/s1. The van der Waals surface area contributed by atoms with Gasteiger partial charge < -0.3 is 5.32 Å². The normalized spacial score (nSPS) is 12.7. The van der Waals surface area contributed by atoms with Crippen LogP contribution in [0.5, 0.6) is 0 Å². The number of amides is 1. The first-order valence-corrected chi connectivity index (χ1v) is 9.28. The van der Waals surface area contributed by atoms with Gasteiger partial charge in [0, 0.05) is 15.2 Å². The van der Waals surface area contributed by atoms with Gasteiger partial charge in [-0.15, -0.1) is 0 Å². The summed E-state index contributed by atoms with van der Waals surface area (Å²) >= 11 is 9.03. The van der Waals surface area contributed by atoms with E-state index in [-0.39, 0.29) is 4.90 Å². The number of anilines is 1. The number of hydrogen-bond acceptors (Lipinski definition) is 3. The van der Waals surface area contributed by atoms with Gasteiger partial charge in [0.1, 0.15) is 0 Å². The van der Waals surface area contributed by atoms with E-state index in [0.29, 0.717) is 10.7 Å². The fourth-order valence-corrected chi connectivity index (χ4v) is 3.35. The van der Waals surface area contributed by atoms with E-state index in [9.17, 15) is 13.2 Å². The van der Waals surface area contributed by atoms with Crippen molar-refractivity contribution in [1.29, 1.82) is 0 Å². The summed E-state index contributed by atoms with van der Waals surface area (Å²) < 4.78 is 27.6. The smallest absolute Gasteiger partial charge is 0.242 e. The number of carbonyl (C=O) groups excluding carboxylic acids is 1. The molecule has 8 heteroatoms. The number of sulfonamides is 1. The van der Waals surface area contributed by atoms with E-state index in [1.807, 2.05) is 0 Å². The van der Waals surface area contributed by atoms with E-state index in [2.05, 4.69) is 26.0 Å². The van der Waals surface area contributed by atoms with E-state index in [0.717, 1.165) is 4.47 Å². The van der Waals surface area contributed by atoms with E-state index in [4.69, 9.17) is 11.6 Å². The number of carbonyl (C=O) groups is 1. The lowest BCUT2D eigenvalue weighted by Crippen LogP contribution is -2.41. The molecule has 0 aromatic heterocycles. The predicted octanol–water partition coefficient (Wildman–Crippen LogP) is 3.41. The molecule has 0 aliphatic carbocycles. The number of nitrogens with one attached hydrogen (secondary N) is 2. The van der Waals surface area contributed by atoms with Crippen molar-refractivity contribution in [2.75, 3.05) is 5.32 Å². The summed E-state index contributed by atoms with van der Waals surface area (Å²) in [5.41, 5.74) is 0.579. The average molecular weight is 418 g/mol. The van der Waals surface area contributed by atoms with Gasteiger partial charge in [0.05, 0.1) is 10.9 Å². The Morgan fingerprint density at radius 3 is 2.22 bits per heavy atom. The van der Waals surface area contributed by atoms with E-state index in [1.54, 1.807) is 24.3 Å². The number of rotatable bonds is 5. The van der Waals surface area contributed by atoms with Crippen LogP contribution in [0.2, 0.25) is 5.02 Å². The van der Waals surface area contributed by atoms with Crippen molar-refractivity contribution in [3.8, 4) is 0 Å². The van der Waals surface area contributed by atoms with Crippen LogP contribution in [-0.2, 0) is 14.8 Å². The Morgan fingerprint density at radius 2 is 1.65 bits per heavy atom. The molecule has 23 heavy (non-hydrogen) atoms. The summed E-state index contributed by atoms with van der Waals surface area (Å²) in [6.45, 7) is 1.47. The lowest BCUT2D eigenvalue weighted by atomic mass is 10.3. The Kier molecular flexibility index (Phi) is 5.80. The topological polar surface area (TPSA) is 75.3 Å². The van der Waals surface area contributed by atoms with Crippen molar-refractivity contribution in [2.45, 2.75) is 17.9 Å². The summed E-state index contributed by atoms with van der Waals surface area (Å²) in [7, 11) is -3.80. The maximum absolute atomic E-state index is 12.2. The third-order valence-corrected chi connectivity index (χ3v) is 5.30. The van der Waals surface area contributed by atoms with Crippen LogP contribution in [-0.4, -0.2) is 20.4 Å². The van der Waals surface area contributed by atoms with Crippen molar-refractivity contribution >= 4 is 49.1 Å². The first kappa shape index (κ1) is 17.9. The molecular weight excluding hydrogens is 404 g/mol. The molecule has 5 nitrogen and oxygen atoms in total. The molecule has 0 heterocycles. The molecular formula is C15H14BrClN2O3S. The molecule has 0 saturated carbocycles. The number of hydrogen-bond donors (Lipinski definition) is 2. The van der Waals surface area contributed by atoms with Crippen LogP contribution in [0.25, 0.3) is 0 Å². The highest BCUT2D eigenvalue weighted by molar-refractivity contribution is 9.10. The van der Waals surface area contributed by atoms with Crippen molar-refractivity contribution in [3.05, 3.63) is 58.0 Å². The van der Waals surface area contributed by atoms with Crippen molar-refractivity contribution < 1.29 is 13.2 Å². The van der Waals surface area contributed by atoms with Gasteiger partial charge in [-0.3, -0.25) is 4.79 Å². The van der Waals surface area contributed by atoms with Gasteiger partial charge in [0.2, 0.25) is 15.9 Å². The SMILES string of the molecule is C[C@@H](NS(=O)(=O)c1ccc(Cl)cc1)C(=O)Nc1ccc(Br)cc1. The molecule has 0 aliphatic rings. The maximum atomic E-state index is 12.2. The van der Waals surface area contributed by atoms with Gasteiger partial charge in [-0.1, -0.05) is 27.5 Å². The minimum absolute atomic E-state index is 0.0465. The minimum atomic E-state index is -3.80. The summed E-state index contributed by atoms with van der Waals surface area (Å²) in [6.07, 6.45) is 0. The molecule has 0 unspecified atom stereocenters. The Morgan fingerprint density at radius 1 is 1.09 bits per heavy atom. The Balaban J connectivity index is 2.05. The van der Waals surface area contributed by atoms with Gasteiger partial charge in [-0.25, -0.2) is 8.42 Å². The lowest BCUT2D eigenvalue weighted by molar-refractivity contribution is -0.117. The van der Waals surface area contributed by atoms with Gasteiger partial charge >= 0.3 is 0 Å². The Bertz CT molecular complexity index is 792. The summed E-state index contributed by atoms with van der Waals surface area (Å²) in [5, 5.41) is 3.08. The summed E-state index contributed by atoms with van der Waals surface area (Å²) in [4.78, 5) is 12.1. The van der Waals surface area contributed by atoms with E-state index >= 15 is 0 Å². The second kappa shape index (κ2) is 7.44.